The van der Waals surface area contributed by atoms with Crippen molar-refractivity contribution in [2.24, 2.45) is 0 Å². The molecular weight excluding hydrogens is 359 g/mol. The van der Waals surface area contributed by atoms with Crippen LogP contribution >= 0.6 is 15.9 Å². The van der Waals surface area contributed by atoms with Crippen LogP contribution in [0.4, 0.5) is 18.9 Å². The van der Waals surface area contributed by atoms with Crippen LogP contribution in [0, 0.1) is 0 Å². The smallest absolute Gasteiger partial charge is 0.416 e. The van der Waals surface area contributed by atoms with Crippen LogP contribution in [0.1, 0.15) is 11.1 Å². The topological polar surface area (TPSA) is 21.3 Å². The number of nitrogens with one attached hydrogen (secondary N) is 1. The number of hydrogen-bond donors (Lipinski definition) is 1. The number of rotatable bonds is 2. The van der Waals surface area contributed by atoms with E-state index in [0.29, 0.717) is 13.0 Å². The van der Waals surface area contributed by atoms with Gasteiger partial charge in [-0.3, -0.25) is 0 Å². The predicted molar refractivity (Wildman–Crippen MR) is 82.2 cm³/mol. The standard InChI is InChI=1S/C16H13BrF3NO/c17-13-2-1-3-14-15(13)22-9-12(21-14)8-10-4-6-11(7-5-10)16(18,19)20/h1-7,12,21H,8-9H2/t12-/m1/s1. The zero-order valence-corrected chi connectivity index (χ0v) is 13.0. The number of para-hydroxylation sites is 1. The lowest BCUT2D eigenvalue weighted by atomic mass is 10.0. The van der Waals surface area contributed by atoms with Gasteiger partial charge in [-0.25, -0.2) is 0 Å². The Morgan fingerprint density at radius 2 is 1.86 bits per heavy atom. The first-order valence-electron chi connectivity index (χ1n) is 6.77. The normalized spacial score (nSPS) is 17.4. The van der Waals surface area contributed by atoms with E-state index in [1.807, 2.05) is 18.2 Å². The zero-order chi connectivity index (χ0) is 15.7. The fraction of sp³-hybridized carbons (Fsp3) is 0.250. The van der Waals surface area contributed by atoms with Crippen molar-refractivity contribution in [1.82, 2.24) is 0 Å². The Labute approximate surface area is 134 Å². The molecule has 0 unspecified atom stereocenters. The minimum Gasteiger partial charge on any atom is -0.488 e. The molecule has 0 saturated carbocycles. The molecule has 3 rings (SSSR count). The Bertz CT molecular complexity index is 670. The molecule has 0 aliphatic carbocycles. The third-order valence-corrected chi connectivity index (χ3v) is 4.14. The maximum Gasteiger partial charge on any atom is 0.416 e. The second-order valence-corrected chi connectivity index (χ2v) is 6.02. The van der Waals surface area contributed by atoms with E-state index >= 15 is 0 Å². The second-order valence-electron chi connectivity index (χ2n) is 5.17. The maximum absolute atomic E-state index is 12.5. The highest BCUT2D eigenvalue weighted by Crippen LogP contribution is 2.36. The number of fused-ring (bicyclic) bond motifs is 1. The van der Waals surface area contributed by atoms with E-state index in [1.165, 1.54) is 12.1 Å². The fourth-order valence-electron chi connectivity index (χ4n) is 2.44. The Morgan fingerprint density at radius 1 is 1.14 bits per heavy atom. The SMILES string of the molecule is FC(F)(F)c1ccc(C[C@@H]2COc3c(Br)cccc3N2)cc1. The van der Waals surface area contributed by atoms with Crippen molar-refractivity contribution >= 4 is 21.6 Å². The van der Waals surface area contributed by atoms with Crippen molar-refractivity contribution in [1.29, 1.82) is 0 Å². The van der Waals surface area contributed by atoms with Gasteiger partial charge in [0, 0.05) is 0 Å². The number of halogens is 4. The summed E-state index contributed by atoms with van der Waals surface area (Å²) in [6.07, 6.45) is -3.69. The van der Waals surface area contributed by atoms with Crippen LogP contribution in [-0.4, -0.2) is 12.6 Å². The first-order valence-corrected chi connectivity index (χ1v) is 7.57. The molecule has 1 aliphatic heterocycles. The van der Waals surface area contributed by atoms with Crippen molar-refractivity contribution in [2.45, 2.75) is 18.6 Å². The average molecular weight is 372 g/mol. The predicted octanol–water partition coefficient (Wildman–Crippen LogP) is 4.88. The van der Waals surface area contributed by atoms with Crippen molar-refractivity contribution in [2.75, 3.05) is 11.9 Å². The van der Waals surface area contributed by atoms with Gasteiger partial charge < -0.3 is 10.1 Å². The van der Waals surface area contributed by atoms with Crippen LogP contribution in [0.5, 0.6) is 5.75 Å². The average Bonchev–Trinajstić information content (AvgIpc) is 2.47. The highest BCUT2D eigenvalue weighted by Gasteiger charge is 2.30. The molecular formula is C16H13BrF3NO. The van der Waals surface area contributed by atoms with Crippen LogP contribution in [-0.2, 0) is 12.6 Å². The van der Waals surface area contributed by atoms with Gasteiger partial charge in [-0.15, -0.1) is 0 Å². The number of ether oxygens (including phenoxy) is 1. The van der Waals surface area contributed by atoms with E-state index in [-0.39, 0.29) is 6.04 Å². The van der Waals surface area contributed by atoms with Gasteiger partial charge in [0.25, 0.3) is 0 Å². The Kier molecular flexibility index (Phi) is 4.04. The van der Waals surface area contributed by atoms with E-state index in [0.717, 1.165) is 33.6 Å². The Balaban J connectivity index is 1.70. The van der Waals surface area contributed by atoms with Gasteiger partial charge in [-0.05, 0) is 52.2 Å². The molecule has 0 saturated heterocycles. The van der Waals surface area contributed by atoms with Crippen LogP contribution in [0.25, 0.3) is 0 Å². The molecule has 2 aromatic rings. The molecule has 1 aliphatic rings. The summed E-state index contributed by atoms with van der Waals surface area (Å²) in [4.78, 5) is 0. The minimum absolute atomic E-state index is 0.0264. The van der Waals surface area contributed by atoms with E-state index < -0.39 is 11.7 Å². The fourth-order valence-corrected chi connectivity index (χ4v) is 2.92. The van der Waals surface area contributed by atoms with Crippen LogP contribution in [0.2, 0.25) is 0 Å². The molecule has 1 heterocycles. The summed E-state index contributed by atoms with van der Waals surface area (Å²) in [6.45, 7) is 0.469. The minimum atomic E-state index is -4.30. The lowest BCUT2D eigenvalue weighted by Crippen LogP contribution is -2.33. The van der Waals surface area contributed by atoms with Crippen LogP contribution < -0.4 is 10.1 Å². The molecule has 0 spiro atoms. The monoisotopic (exact) mass is 371 g/mol. The van der Waals surface area contributed by atoms with E-state index in [9.17, 15) is 13.2 Å². The summed E-state index contributed by atoms with van der Waals surface area (Å²) < 4.78 is 44.2. The lowest BCUT2D eigenvalue weighted by Gasteiger charge is -2.28. The second kappa shape index (κ2) is 5.83. The van der Waals surface area contributed by atoms with Gasteiger partial charge in [0.05, 0.1) is 21.8 Å². The number of hydrogen-bond acceptors (Lipinski definition) is 2. The van der Waals surface area contributed by atoms with E-state index in [2.05, 4.69) is 21.2 Å². The molecule has 0 fully saturated rings. The molecule has 2 nitrogen and oxygen atoms in total. The van der Waals surface area contributed by atoms with E-state index in [4.69, 9.17) is 4.74 Å². The third kappa shape index (κ3) is 3.21. The van der Waals surface area contributed by atoms with Gasteiger partial charge in [0.1, 0.15) is 6.61 Å². The molecule has 0 radical (unpaired) electrons. The first-order chi connectivity index (χ1) is 10.4. The summed E-state index contributed by atoms with van der Waals surface area (Å²) in [5.41, 5.74) is 1.10. The Hall–Kier alpha value is -1.69. The summed E-state index contributed by atoms with van der Waals surface area (Å²) in [7, 11) is 0. The number of benzene rings is 2. The maximum atomic E-state index is 12.5. The van der Waals surface area contributed by atoms with Crippen molar-refractivity contribution in [3.05, 3.63) is 58.1 Å². The zero-order valence-electron chi connectivity index (χ0n) is 11.5. The van der Waals surface area contributed by atoms with Crippen LogP contribution in [0.15, 0.2) is 46.9 Å². The number of anilines is 1. The van der Waals surface area contributed by atoms with Gasteiger partial charge >= 0.3 is 6.18 Å². The number of alkyl halides is 3. The highest BCUT2D eigenvalue weighted by atomic mass is 79.9. The molecule has 6 heteroatoms. The van der Waals surface area contributed by atoms with Gasteiger partial charge in [-0.2, -0.15) is 13.2 Å². The molecule has 1 N–H and O–H groups in total. The van der Waals surface area contributed by atoms with Gasteiger partial charge in [0.2, 0.25) is 0 Å². The summed E-state index contributed by atoms with van der Waals surface area (Å²) in [5.74, 6) is 0.770. The molecule has 2 aromatic carbocycles. The van der Waals surface area contributed by atoms with Crippen LogP contribution in [0.3, 0.4) is 0 Å². The third-order valence-electron chi connectivity index (χ3n) is 3.52. The lowest BCUT2D eigenvalue weighted by molar-refractivity contribution is -0.137. The molecule has 0 bridgehead atoms. The molecule has 22 heavy (non-hydrogen) atoms. The molecule has 0 amide bonds. The largest absolute Gasteiger partial charge is 0.488 e. The summed E-state index contributed by atoms with van der Waals surface area (Å²) in [5, 5.41) is 3.35. The van der Waals surface area contributed by atoms with E-state index in [1.54, 1.807) is 0 Å². The van der Waals surface area contributed by atoms with Crippen molar-refractivity contribution in [3.63, 3.8) is 0 Å². The highest BCUT2D eigenvalue weighted by molar-refractivity contribution is 9.10. The summed E-state index contributed by atoms with van der Waals surface area (Å²) >= 11 is 3.42. The Morgan fingerprint density at radius 3 is 2.55 bits per heavy atom. The van der Waals surface area contributed by atoms with Gasteiger partial charge in [0.15, 0.2) is 5.75 Å². The quantitative estimate of drug-likeness (QED) is 0.811. The molecule has 1 atom stereocenters. The first kappa shape index (κ1) is 15.2. The van der Waals surface area contributed by atoms with Gasteiger partial charge in [-0.1, -0.05) is 18.2 Å². The van der Waals surface area contributed by atoms with Crippen molar-refractivity contribution in [3.8, 4) is 5.75 Å². The van der Waals surface area contributed by atoms with Crippen molar-refractivity contribution < 1.29 is 17.9 Å². The molecule has 116 valence electrons. The summed E-state index contributed by atoms with van der Waals surface area (Å²) in [6, 6.07) is 11.0. The molecule has 0 aromatic heterocycles.